The quantitative estimate of drug-likeness (QED) is 0.204. The van der Waals surface area contributed by atoms with Gasteiger partial charge < -0.3 is 44.0 Å². The maximum absolute atomic E-state index is 13.0. The van der Waals surface area contributed by atoms with E-state index in [0.29, 0.717) is 78.9 Å². The first kappa shape index (κ1) is 39.1. The van der Waals surface area contributed by atoms with E-state index in [0.717, 1.165) is 62.2 Å². The summed E-state index contributed by atoms with van der Waals surface area (Å²) in [4.78, 5) is 40.8. The van der Waals surface area contributed by atoms with Crippen molar-refractivity contribution < 1.29 is 42.8 Å². The van der Waals surface area contributed by atoms with Gasteiger partial charge in [0.2, 0.25) is 0 Å². The third-order valence-electron chi connectivity index (χ3n) is 13.0. The molecule has 12 nitrogen and oxygen atoms in total. The third-order valence-corrected chi connectivity index (χ3v) is 13.0. The van der Waals surface area contributed by atoms with Gasteiger partial charge in [0.15, 0.2) is 23.0 Å². The molecule has 55 heavy (non-hydrogen) atoms. The number of amides is 2. The Kier molecular flexibility index (Phi) is 11.4. The number of carbonyl (C=O) groups excluding carboxylic acids is 3. The first-order valence-corrected chi connectivity index (χ1v) is 20.1. The molecule has 0 aromatic heterocycles. The van der Waals surface area contributed by atoms with Crippen LogP contribution in [0.25, 0.3) is 0 Å². The summed E-state index contributed by atoms with van der Waals surface area (Å²) >= 11 is 0. The smallest absolute Gasteiger partial charge is 0.412 e. The second kappa shape index (κ2) is 16.1. The molecule has 4 aliphatic carbocycles. The molecule has 4 atom stereocenters. The van der Waals surface area contributed by atoms with Crippen molar-refractivity contribution in [3.8, 4) is 23.0 Å². The van der Waals surface area contributed by atoms with Gasteiger partial charge in [-0.05, 0) is 135 Å². The van der Waals surface area contributed by atoms with Crippen molar-refractivity contribution in [3.05, 3.63) is 47.5 Å². The minimum Gasteiger partial charge on any atom is -0.493 e. The summed E-state index contributed by atoms with van der Waals surface area (Å²) in [5.41, 5.74) is 2.50. The summed E-state index contributed by atoms with van der Waals surface area (Å²) in [5.74, 6) is 2.51. The molecule has 6 aliphatic rings. The van der Waals surface area contributed by atoms with Crippen LogP contribution in [0, 0.1) is 34.5 Å². The number of ether oxygens (including phenoxy) is 6. The summed E-state index contributed by atoms with van der Waals surface area (Å²) < 4.78 is 33.3. The number of likely N-dealkylation sites (tertiary alicyclic amines) is 1. The maximum atomic E-state index is 13.0. The fraction of sp³-hybridized carbons (Fsp3) is 0.651. The fourth-order valence-electron chi connectivity index (χ4n) is 11.4. The van der Waals surface area contributed by atoms with Crippen LogP contribution in [0.1, 0.15) is 76.3 Å². The third kappa shape index (κ3) is 9.11. The molecule has 2 aromatic carbocycles. The van der Waals surface area contributed by atoms with Gasteiger partial charge in [0.05, 0.1) is 40.5 Å². The van der Waals surface area contributed by atoms with E-state index < -0.39 is 6.09 Å². The molecule has 2 N–H and O–H groups in total. The lowest BCUT2D eigenvalue weighted by Gasteiger charge is -2.65. The van der Waals surface area contributed by atoms with Gasteiger partial charge in [-0.15, -0.1) is 0 Å². The number of rotatable bonds is 14. The van der Waals surface area contributed by atoms with Crippen molar-refractivity contribution in [2.45, 2.75) is 83.6 Å². The van der Waals surface area contributed by atoms with Crippen molar-refractivity contribution >= 4 is 18.2 Å². The highest BCUT2D eigenvalue weighted by Gasteiger charge is 2.60. The molecule has 300 valence electrons. The fourth-order valence-corrected chi connectivity index (χ4v) is 11.4. The second-order valence-electron chi connectivity index (χ2n) is 17.8. The monoisotopic (exact) mass is 761 g/mol. The molecular weight excluding hydrogens is 702 g/mol. The summed E-state index contributed by atoms with van der Waals surface area (Å²) in [6, 6.07) is 11.1. The molecule has 2 heterocycles. The highest BCUT2D eigenvalue weighted by atomic mass is 16.6. The molecule has 2 amide bonds. The highest BCUT2D eigenvalue weighted by Crippen LogP contribution is 2.66. The number of piperidine rings is 1. The van der Waals surface area contributed by atoms with Gasteiger partial charge in [-0.1, -0.05) is 26.0 Å². The van der Waals surface area contributed by atoms with Gasteiger partial charge >= 0.3 is 18.2 Å². The van der Waals surface area contributed by atoms with Crippen LogP contribution in [0.3, 0.4) is 0 Å². The van der Waals surface area contributed by atoms with E-state index in [-0.39, 0.29) is 29.4 Å². The molecule has 0 spiro atoms. The molecule has 2 aliphatic heterocycles. The van der Waals surface area contributed by atoms with Crippen molar-refractivity contribution in [1.82, 2.24) is 15.5 Å². The molecule has 6 fully saturated rings. The minimum atomic E-state index is -0.559. The molecule has 2 saturated heterocycles. The van der Waals surface area contributed by atoms with E-state index >= 15 is 0 Å². The van der Waals surface area contributed by atoms with Gasteiger partial charge in [-0.3, -0.25) is 4.79 Å². The van der Waals surface area contributed by atoms with Crippen molar-refractivity contribution in [2.75, 3.05) is 60.7 Å². The van der Waals surface area contributed by atoms with Crippen LogP contribution in [0.2, 0.25) is 0 Å². The number of methoxy groups -OCH3 is 3. The standard InChI is InChI=1S/C43H59N3O9/c1-41-20-31-21-42(2,25-41)27-43(22-31,26-41)45-40(49)54-23-28-10-13-46(14-11-28)15-12-44-39(48)55-35-9-7-30(19-37(35)52-5)17-33-32(24-53-38(33)47)16-29-6-8-34(50-3)36(18-29)51-4/h6-9,18-19,28,31-33H,10-17,20-27H2,1-5H3,(H,44,48)(H,45,49)/t31?,32-,33+,41?,42?,43?/m0/s1. The molecule has 12 heteroatoms. The summed E-state index contributed by atoms with van der Waals surface area (Å²) in [6.07, 6.45) is 9.32. The number of alkyl carbamates (subject to hydrolysis) is 1. The average molecular weight is 762 g/mol. The first-order chi connectivity index (χ1) is 26.4. The Bertz CT molecular complexity index is 1710. The normalized spacial score (nSPS) is 30.1. The van der Waals surface area contributed by atoms with Crippen LogP contribution in [-0.2, 0) is 27.1 Å². The van der Waals surface area contributed by atoms with E-state index in [4.69, 9.17) is 28.4 Å². The average Bonchev–Trinajstić information content (AvgIpc) is 3.47. The Hall–Kier alpha value is -4.19. The van der Waals surface area contributed by atoms with Crippen molar-refractivity contribution in [3.63, 3.8) is 0 Å². The molecule has 0 radical (unpaired) electrons. The van der Waals surface area contributed by atoms with Crippen LogP contribution >= 0.6 is 0 Å². The molecule has 2 unspecified atom stereocenters. The number of cyclic esters (lactones) is 1. The van der Waals surface area contributed by atoms with E-state index in [2.05, 4.69) is 29.4 Å². The Morgan fingerprint density at radius 1 is 0.818 bits per heavy atom. The lowest BCUT2D eigenvalue weighted by Crippen LogP contribution is -2.65. The number of hydrogen-bond acceptors (Lipinski definition) is 10. The molecular formula is C43H59N3O9. The van der Waals surface area contributed by atoms with Gasteiger partial charge in [-0.25, -0.2) is 9.59 Å². The zero-order valence-corrected chi connectivity index (χ0v) is 33.2. The lowest BCUT2D eigenvalue weighted by atomic mass is 9.43. The van der Waals surface area contributed by atoms with Crippen LogP contribution in [0.5, 0.6) is 23.0 Å². The SMILES string of the molecule is COc1ccc(C[C@H]2COC(=O)[C@@H]2Cc2ccc(OC(=O)NCCN3CCC(COC(=O)NC45CC6CC(C)(CC(C)(C6)C4)C5)CC3)c(OC)c2)cc1OC. The molecule has 8 rings (SSSR count). The zero-order valence-electron chi connectivity index (χ0n) is 33.2. The number of benzene rings is 2. The lowest BCUT2D eigenvalue weighted by molar-refractivity contribution is -0.141. The summed E-state index contributed by atoms with van der Waals surface area (Å²) in [5, 5.41) is 6.22. The summed E-state index contributed by atoms with van der Waals surface area (Å²) in [6.45, 7) is 8.53. The Labute approximate surface area is 325 Å². The van der Waals surface area contributed by atoms with Gasteiger partial charge in [0, 0.05) is 24.5 Å². The number of carbonyl (C=O) groups is 3. The van der Waals surface area contributed by atoms with E-state index in [1.165, 1.54) is 26.4 Å². The predicted molar refractivity (Wildman–Crippen MR) is 206 cm³/mol. The Morgan fingerprint density at radius 2 is 1.45 bits per heavy atom. The number of esters is 1. The number of hydrogen-bond donors (Lipinski definition) is 2. The zero-order chi connectivity index (χ0) is 38.8. The second-order valence-corrected chi connectivity index (χ2v) is 17.8. The predicted octanol–water partition coefficient (Wildman–Crippen LogP) is 6.56. The molecule has 4 bridgehead atoms. The Balaban J connectivity index is 0.814. The summed E-state index contributed by atoms with van der Waals surface area (Å²) in [7, 11) is 4.73. The van der Waals surface area contributed by atoms with Gasteiger partial charge in [0.25, 0.3) is 0 Å². The van der Waals surface area contributed by atoms with Gasteiger partial charge in [-0.2, -0.15) is 0 Å². The topological polar surface area (TPSA) is 134 Å². The largest absolute Gasteiger partial charge is 0.493 e. The van der Waals surface area contributed by atoms with E-state index in [1.807, 2.05) is 30.3 Å². The maximum Gasteiger partial charge on any atom is 0.412 e. The van der Waals surface area contributed by atoms with Crippen LogP contribution in [-0.4, -0.2) is 89.3 Å². The van der Waals surface area contributed by atoms with Crippen molar-refractivity contribution in [1.29, 1.82) is 0 Å². The molecule has 4 saturated carbocycles. The van der Waals surface area contributed by atoms with Gasteiger partial charge in [0.1, 0.15) is 0 Å². The van der Waals surface area contributed by atoms with Crippen LogP contribution in [0.15, 0.2) is 36.4 Å². The number of nitrogens with zero attached hydrogens (tertiary/aromatic N) is 1. The van der Waals surface area contributed by atoms with Crippen molar-refractivity contribution in [2.24, 2.45) is 34.5 Å². The van der Waals surface area contributed by atoms with E-state index in [1.54, 1.807) is 20.3 Å². The Morgan fingerprint density at radius 3 is 2.11 bits per heavy atom. The van der Waals surface area contributed by atoms with E-state index in [9.17, 15) is 14.4 Å². The molecule has 2 aromatic rings. The number of nitrogens with one attached hydrogen (secondary N) is 2. The first-order valence-electron chi connectivity index (χ1n) is 20.1. The van der Waals surface area contributed by atoms with Crippen LogP contribution < -0.4 is 29.6 Å². The minimum absolute atomic E-state index is 0.00685. The highest BCUT2D eigenvalue weighted by molar-refractivity contribution is 5.75. The van der Waals surface area contributed by atoms with Crippen LogP contribution in [0.4, 0.5) is 9.59 Å².